The number of benzene rings is 1. The number of amides is 1. The fourth-order valence-electron chi connectivity index (χ4n) is 2.70. The van der Waals surface area contributed by atoms with Crippen molar-refractivity contribution < 1.29 is 9.53 Å². The van der Waals surface area contributed by atoms with E-state index in [1.165, 1.54) is 0 Å². The van der Waals surface area contributed by atoms with Crippen LogP contribution in [-0.2, 0) is 19.8 Å². The van der Waals surface area contributed by atoms with Crippen molar-refractivity contribution in [2.45, 2.75) is 33.7 Å². The molecule has 0 atom stereocenters. The molecule has 148 valence electrons. The third-order valence-electron chi connectivity index (χ3n) is 4.28. The second-order valence-electron chi connectivity index (χ2n) is 6.34. The Bertz CT molecular complexity index is 983. The lowest BCUT2D eigenvalue weighted by Crippen LogP contribution is -2.28. The normalized spacial score (nSPS) is 10.9. The molecule has 2 aromatic heterocycles. The Morgan fingerprint density at radius 1 is 1.25 bits per heavy atom. The highest BCUT2D eigenvalue weighted by molar-refractivity contribution is 6.31. The summed E-state index contributed by atoms with van der Waals surface area (Å²) in [5.41, 5.74) is 2.06. The van der Waals surface area contributed by atoms with Crippen molar-refractivity contribution in [3.05, 3.63) is 63.7 Å². The highest BCUT2D eigenvalue weighted by Gasteiger charge is 2.18. The summed E-state index contributed by atoms with van der Waals surface area (Å²) < 4.78 is 9.03. The maximum absolute atomic E-state index is 12.7. The van der Waals surface area contributed by atoms with Crippen molar-refractivity contribution in [3.63, 3.8) is 0 Å². The van der Waals surface area contributed by atoms with Crippen LogP contribution in [0.4, 0.5) is 0 Å². The van der Waals surface area contributed by atoms with Crippen molar-refractivity contribution in [2.75, 3.05) is 7.05 Å². The van der Waals surface area contributed by atoms with E-state index < -0.39 is 0 Å². The first-order valence-electron chi connectivity index (χ1n) is 8.77. The highest BCUT2D eigenvalue weighted by atomic mass is 35.5. The Hall–Kier alpha value is -2.51. The van der Waals surface area contributed by atoms with Gasteiger partial charge in [0.2, 0.25) is 0 Å². The van der Waals surface area contributed by atoms with Crippen molar-refractivity contribution in [2.24, 2.45) is 0 Å². The Kier molecular flexibility index (Phi) is 6.26. The van der Waals surface area contributed by atoms with Gasteiger partial charge < -0.3 is 9.64 Å². The van der Waals surface area contributed by atoms with E-state index in [0.29, 0.717) is 34.6 Å². The molecule has 0 spiro atoms. The van der Waals surface area contributed by atoms with Crippen LogP contribution in [0.3, 0.4) is 0 Å². The molecule has 28 heavy (non-hydrogen) atoms. The van der Waals surface area contributed by atoms with E-state index in [1.54, 1.807) is 51.9 Å². The number of aryl methyl sites for hydroxylation is 2. The Balaban J connectivity index is 1.63. The van der Waals surface area contributed by atoms with Gasteiger partial charge in [-0.1, -0.05) is 23.2 Å². The van der Waals surface area contributed by atoms with Gasteiger partial charge in [-0.3, -0.25) is 9.48 Å². The molecule has 0 aliphatic carbocycles. The van der Waals surface area contributed by atoms with Gasteiger partial charge in [-0.25, -0.2) is 4.68 Å². The predicted molar refractivity (Wildman–Crippen MR) is 108 cm³/mol. The van der Waals surface area contributed by atoms with Crippen LogP contribution < -0.4 is 4.74 Å². The zero-order valence-electron chi connectivity index (χ0n) is 15.9. The molecule has 0 saturated heterocycles. The van der Waals surface area contributed by atoms with Crippen LogP contribution in [-0.4, -0.2) is 37.4 Å². The number of carbonyl (C=O) groups excluding carboxylic acids is 1. The molecule has 1 amide bonds. The molecule has 0 radical (unpaired) electrons. The van der Waals surface area contributed by atoms with Gasteiger partial charge >= 0.3 is 0 Å². The molecule has 7 nitrogen and oxygen atoms in total. The van der Waals surface area contributed by atoms with Crippen LogP contribution in [0, 0.1) is 6.92 Å². The van der Waals surface area contributed by atoms with Crippen molar-refractivity contribution in [3.8, 4) is 5.75 Å². The molecule has 0 unspecified atom stereocenters. The summed E-state index contributed by atoms with van der Waals surface area (Å²) in [4.78, 5) is 14.2. The Morgan fingerprint density at radius 3 is 2.75 bits per heavy atom. The third kappa shape index (κ3) is 4.48. The molecule has 0 fully saturated rings. The van der Waals surface area contributed by atoms with Crippen LogP contribution in [0.25, 0.3) is 0 Å². The molecule has 0 aliphatic rings. The summed E-state index contributed by atoms with van der Waals surface area (Å²) >= 11 is 12.2. The second kappa shape index (κ2) is 8.67. The zero-order valence-corrected chi connectivity index (χ0v) is 17.4. The predicted octanol–water partition coefficient (Wildman–Crippen LogP) is 4.02. The fourth-order valence-corrected chi connectivity index (χ4v) is 3.02. The molecule has 1 aromatic carbocycles. The SMILES string of the molecule is CCn1ncc(Cl)c1CN(C)C(=O)c1ccn(COc2ccc(Cl)c(C)c2)n1. The van der Waals surface area contributed by atoms with E-state index in [0.717, 1.165) is 11.3 Å². The van der Waals surface area contributed by atoms with Crippen LogP contribution in [0.1, 0.15) is 28.7 Å². The topological polar surface area (TPSA) is 65.2 Å². The molecule has 3 aromatic rings. The average Bonchev–Trinajstić information content (AvgIpc) is 3.29. The Morgan fingerprint density at radius 2 is 2.04 bits per heavy atom. The summed E-state index contributed by atoms with van der Waals surface area (Å²) in [7, 11) is 1.71. The number of hydrogen-bond acceptors (Lipinski definition) is 4. The number of aromatic nitrogens is 4. The van der Waals surface area contributed by atoms with Crippen LogP contribution >= 0.6 is 23.2 Å². The van der Waals surface area contributed by atoms with Crippen LogP contribution in [0.5, 0.6) is 5.75 Å². The number of ether oxygens (including phenoxy) is 1. The van der Waals surface area contributed by atoms with Gasteiger partial charge in [0, 0.05) is 24.8 Å². The standard InChI is InChI=1S/C19H21Cl2N5O2/c1-4-26-18(16(21)10-22-26)11-24(3)19(27)17-7-8-25(23-17)12-28-14-5-6-15(20)13(2)9-14/h5-10H,4,11-12H2,1-3H3. The monoisotopic (exact) mass is 421 g/mol. The average molecular weight is 422 g/mol. The number of rotatable bonds is 7. The van der Waals surface area contributed by atoms with E-state index in [-0.39, 0.29) is 12.6 Å². The minimum Gasteiger partial charge on any atom is -0.471 e. The lowest BCUT2D eigenvalue weighted by molar-refractivity contribution is 0.0773. The van der Waals surface area contributed by atoms with Gasteiger partial charge in [0.1, 0.15) is 5.75 Å². The van der Waals surface area contributed by atoms with Crippen LogP contribution in [0.2, 0.25) is 10.0 Å². The number of hydrogen-bond donors (Lipinski definition) is 0. The lowest BCUT2D eigenvalue weighted by atomic mass is 10.2. The molecule has 3 rings (SSSR count). The minimum absolute atomic E-state index is 0.187. The largest absolute Gasteiger partial charge is 0.471 e. The van der Waals surface area contributed by atoms with Gasteiger partial charge in [0.15, 0.2) is 12.4 Å². The van der Waals surface area contributed by atoms with Gasteiger partial charge in [-0.15, -0.1) is 0 Å². The summed E-state index contributed by atoms with van der Waals surface area (Å²) in [5.74, 6) is 0.478. The number of carbonyl (C=O) groups is 1. The number of nitrogens with zero attached hydrogens (tertiary/aromatic N) is 5. The first kappa shape index (κ1) is 20.2. The second-order valence-corrected chi connectivity index (χ2v) is 7.16. The molecule has 0 saturated carbocycles. The van der Waals surface area contributed by atoms with Gasteiger partial charge in [0.25, 0.3) is 5.91 Å². The van der Waals surface area contributed by atoms with Gasteiger partial charge in [0.05, 0.1) is 23.5 Å². The van der Waals surface area contributed by atoms with E-state index in [4.69, 9.17) is 27.9 Å². The third-order valence-corrected chi connectivity index (χ3v) is 5.02. The summed E-state index contributed by atoms with van der Waals surface area (Å²) in [6.07, 6.45) is 3.29. The van der Waals surface area contributed by atoms with E-state index in [9.17, 15) is 4.79 Å². The lowest BCUT2D eigenvalue weighted by Gasteiger charge is -2.17. The smallest absolute Gasteiger partial charge is 0.274 e. The minimum atomic E-state index is -0.207. The van der Waals surface area contributed by atoms with Gasteiger partial charge in [-0.05, 0) is 43.7 Å². The Labute approximate surface area is 173 Å². The molecular formula is C19H21Cl2N5O2. The van der Waals surface area contributed by atoms with Gasteiger partial charge in [-0.2, -0.15) is 10.2 Å². The zero-order chi connectivity index (χ0) is 20.3. The molecule has 9 heteroatoms. The maximum Gasteiger partial charge on any atom is 0.274 e. The summed E-state index contributed by atoms with van der Waals surface area (Å²) in [5, 5.41) is 9.72. The van der Waals surface area contributed by atoms with E-state index >= 15 is 0 Å². The van der Waals surface area contributed by atoms with Crippen LogP contribution in [0.15, 0.2) is 36.7 Å². The molecule has 0 N–H and O–H groups in total. The molecule has 2 heterocycles. The van der Waals surface area contributed by atoms with Crippen molar-refractivity contribution in [1.82, 2.24) is 24.5 Å². The molecule has 0 bridgehead atoms. The number of halogens is 2. The molecular weight excluding hydrogens is 401 g/mol. The first-order valence-corrected chi connectivity index (χ1v) is 9.52. The maximum atomic E-state index is 12.7. The molecule has 0 aliphatic heterocycles. The first-order chi connectivity index (χ1) is 13.4. The van der Waals surface area contributed by atoms with Crippen molar-refractivity contribution in [1.29, 1.82) is 0 Å². The van der Waals surface area contributed by atoms with Crippen molar-refractivity contribution >= 4 is 29.1 Å². The van der Waals surface area contributed by atoms with E-state index in [2.05, 4.69) is 10.2 Å². The quantitative estimate of drug-likeness (QED) is 0.577. The summed E-state index contributed by atoms with van der Waals surface area (Å²) in [6, 6.07) is 7.09. The highest BCUT2D eigenvalue weighted by Crippen LogP contribution is 2.21. The van der Waals surface area contributed by atoms with E-state index in [1.807, 2.05) is 19.9 Å². The summed E-state index contributed by atoms with van der Waals surface area (Å²) in [6.45, 7) is 5.09. The fraction of sp³-hybridized carbons (Fsp3) is 0.316.